The monoisotopic (exact) mass is 241 g/mol. The van der Waals surface area contributed by atoms with Crippen LogP contribution >= 0.6 is 23.1 Å². The van der Waals surface area contributed by atoms with Crippen molar-refractivity contribution < 1.29 is 0 Å². The van der Waals surface area contributed by atoms with Crippen LogP contribution in [-0.2, 0) is 0 Å². The van der Waals surface area contributed by atoms with E-state index in [2.05, 4.69) is 16.3 Å². The first-order valence-electron chi connectivity index (χ1n) is 4.88. The third kappa shape index (κ3) is 4.63. The van der Waals surface area contributed by atoms with Crippen molar-refractivity contribution in [2.45, 2.75) is 38.0 Å². The van der Waals surface area contributed by atoms with E-state index in [1.807, 2.05) is 20.8 Å². The molecule has 0 saturated carbocycles. The Bertz CT molecular complexity index is 352. The molecule has 0 N–H and O–H groups in total. The molecule has 0 saturated heterocycles. The van der Waals surface area contributed by atoms with Crippen LogP contribution < -0.4 is 0 Å². The van der Waals surface area contributed by atoms with Gasteiger partial charge in [-0.15, -0.1) is 10.2 Å². The van der Waals surface area contributed by atoms with Crippen molar-refractivity contribution in [2.75, 3.05) is 5.75 Å². The summed E-state index contributed by atoms with van der Waals surface area (Å²) < 4.78 is 1.03. The molecule has 0 aliphatic carbocycles. The van der Waals surface area contributed by atoms with Crippen LogP contribution in [0.4, 0.5) is 0 Å². The van der Waals surface area contributed by atoms with Gasteiger partial charge in [0.2, 0.25) is 0 Å². The number of hydrogen-bond donors (Lipinski definition) is 0. The van der Waals surface area contributed by atoms with E-state index in [1.165, 1.54) is 0 Å². The molecule has 1 aromatic rings. The van der Waals surface area contributed by atoms with Gasteiger partial charge in [0.1, 0.15) is 5.01 Å². The fourth-order valence-corrected chi connectivity index (χ4v) is 2.89. The lowest BCUT2D eigenvalue weighted by molar-refractivity contribution is 0.448. The molecule has 0 aliphatic rings. The average Bonchev–Trinajstić information content (AvgIpc) is 2.59. The average molecular weight is 241 g/mol. The number of hydrogen-bond acceptors (Lipinski definition) is 5. The summed E-state index contributed by atoms with van der Waals surface area (Å²) in [7, 11) is 0. The van der Waals surface area contributed by atoms with Crippen molar-refractivity contribution in [3.05, 3.63) is 5.01 Å². The van der Waals surface area contributed by atoms with Crippen LogP contribution in [0.5, 0.6) is 0 Å². The Hall–Kier alpha value is -0.600. The molecule has 0 spiro atoms. The maximum atomic E-state index is 8.84. The Kier molecular flexibility index (Phi) is 4.55. The fourth-order valence-electron chi connectivity index (χ4n) is 1.07. The van der Waals surface area contributed by atoms with Gasteiger partial charge in [0, 0.05) is 5.75 Å². The lowest BCUT2D eigenvalue weighted by atomic mass is 9.90. The predicted octanol–water partition coefficient (Wildman–Crippen LogP) is 3.27. The molecule has 0 radical (unpaired) electrons. The first-order chi connectivity index (χ1) is 7.03. The molecule has 0 fully saturated rings. The first kappa shape index (κ1) is 12.5. The highest BCUT2D eigenvalue weighted by Crippen LogP contribution is 2.26. The van der Waals surface area contributed by atoms with E-state index in [4.69, 9.17) is 5.26 Å². The topological polar surface area (TPSA) is 49.6 Å². The number of nitriles is 1. The van der Waals surface area contributed by atoms with Gasteiger partial charge in [-0.25, -0.2) is 0 Å². The molecule has 3 nitrogen and oxygen atoms in total. The quantitative estimate of drug-likeness (QED) is 0.586. The van der Waals surface area contributed by atoms with E-state index < -0.39 is 0 Å². The highest BCUT2D eigenvalue weighted by atomic mass is 32.2. The predicted molar refractivity (Wildman–Crippen MR) is 64.0 cm³/mol. The summed E-state index contributed by atoms with van der Waals surface area (Å²) >= 11 is 3.36. The van der Waals surface area contributed by atoms with Gasteiger partial charge >= 0.3 is 0 Å². The molecule has 15 heavy (non-hydrogen) atoms. The molecule has 1 rings (SSSR count). The molecule has 0 aliphatic heterocycles. The van der Waals surface area contributed by atoms with Crippen molar-refractivity contribution in [3.63, 3.8) is 0 Å². The van der Waals surface area contributed by atoms with Gasteiger partial charge in [-0.1, -0.05) is 23.1 Å². The van der Waals surface area contributed by atoms with Crippen LogP contribution in [0.25, 0.3) is 0 Å². The Morgan fingerprint density at radius 3 is 2.73 bits per heavy atom. The van der Waals surface area contributed by atoms with E-state index >= 15 is 0 Å². The zero-order valence-corrected chi connectivity index (χ0v) is 10.9. The number of nitrogens with zero attached hydrogens (tertiary/aromatic N) is 3. The molecule has 1 heterocycles. The molecule has 82 valence electrons. The zero-order valence-electron chi connectivity index (χ0n) is 9.28. The third-order valence-corrected chi connectivity index (χ3v) is 4.04. The SMILES string of the molecule is Cc1nnc(SCCCC(C)(C)C#N)s1. The fraction of sp³-hybridized carbons (Fsp3) is 0.700. The summed E-state index contributed by atoms with van der Waals surface area (Å²) in [5.74, 6) is 1.01. The van der Waals surface area contributed by atoms with Crippen LogP contribution in [0.1, 0.15) is 31.7 Å². The summed E-state index contributed by atoms with van der Waals surface area (Å²) in [6.45, 7) is 5.92. The minimum absolute atomic E-state index is 0.197. The van der Waals surface area contributed by atoms with Crippen molar-refractivity contribution in [1.29, 1.82) is 5.26 Å². The smallest absolute Gasteiger partial charge is 0.174 e. The van der Waals surface area contributed by atoms with Gasteiger partial charge in [-0.05, 0) is 33.6 Å². The van der Waals surface area contributed by atoms with Crippen LogP contribution in [0.2, 0.25) is 0 Å². The van der Waals surface area contributed by atoms with Gasteiger partial charge in [0.15, 0.2) is 4.34 Å². The van der Waals surface area contributed by atoms with Crippen LogP contribution in [0.15, 0.2) is 4.34 Å². The van der Waals surface area contributed by atoms with E-state index in [1.54, 1.807) is 23.1 Å². The van der Waals surface area contributed by atoms with Crippen molar-refractivity contribution in [3.8, 4) is 6.07 Å². The van der Waals surface area contributed by atoms with E-state index in [9.17, 15) is 0 Å². The minimum atomic E-state index is -0.197. The molecule has 0 bridgehead atoms. The second-order valence-electron chi connectivity index (χ2n) is 4.03. The van der Waals surface area contributed by atoms with Crippen LogP contribution in [-0.4, -0.2) is 16.0 Å². The van der Waals surface area contributed by atoms with E-state index in [0.717, 1.165) is 27.9 Å². The van der Waals surface area contributed by atoms with Gasteiger partial charge in [-0.3, -0.25) is 0 Å². The normalized spacial score (nSPS) is 11.3. The summed E-state index contributed by atoms with van der Waals surface area (Å²) in [6.07, 6.45) is 1.98. The first-order valence-corrected chi connectivity index (χ1v) is 6.68. The number of aromatic nitrogens is 2. The highest BCUT2D eigenvalue weighted by molar-refractivity contribution is 8.01. The second-order valence-corrected chi connectivity index (χ2v) is 6.56. The number of thioether (sulfide) groups is 1. The maximum absolute atomic E-state index is 8.84. The van der Waals surface area contributed by atoms with Gasteiger partial charge < -0.3 is 0 Å². The molecule has 1 aromatic heterocycles. The van der Waals surface area contributed by atoms with Crippen molar-refractivity contribution in [2.24, 2.45) is 5.41 Å². The van der Waals surface area contributed by atoms with E-state index in [-0.39, 0.29) is 5.41 Å². The van der Waals surface area contributed by atoms with Gasteiger partial charge in [-0.2, -0.15) is 5.26 Å². The van der Waals surface area contributed by atoms with Crippen LogP contribution in [0, 0.1) is 23.7 Å². The Labute approximate surface area is 98.9 Å². The Balaban J connectivity index is 2.21. The third-order valence-electron chi connectivity index (χ3n) is 1.98. The summed E-state index contributed by atoms with van der Waals surface area (Å²) in [5.41, 5.74) is -0.197. The summed E-state index contributed by atoms with van der Waals surface area (Å²) in [6, 6.07) is 2.31. The minimum Gasteiger partial charge on any atom is -0.198 e. The van der Waals surface area contributed by atoms with E-state index in [0.29, 0.717) is 0 Å². The zero-order chi connectivity index (χ0) is 11.3. The second kappa shape index (κ2) is 5.47. The lowest BCUT2D eigenvalue weighted by Crippen LogP contribution is -2.07. The summed E-state index contributed by atoms with van der Waals surface area (Å²) in [5, 5.41) is 17.8. The molecule has 0 unspecified atom stereocenters. The molecule has 0 amide bonds. The number of rotatable bonds is 5. The Morgan fingerprint density at radius 1 is 1.47 bits per heavy atom. The molecule has 5 heteroatoms. The van der Waals surface area contributed by atoms with Gasteiger partial charge in [0.25, 0.3) is 0 Å². The molecule has 0 atom stereocenters. The van der Waals surface area contributed by atoms with Gasteiger partial charge in [0.05, 0.1) is 11.5 Å². The largest absolute Gasteiger partial charge is 0.198 e. The van der Waals surface area contributed by atoms with Crippen molar-refractivity contribution in [1.82, 2.24) is 10.2 Å². The number of aryl methyl sites for hydroxylation is 1. The summed E-state index contributed by atoms with van der Waals surface area (Å²) in [4.78, 5) is 0. The molecular formula is C10H15N3S2. The standard InChI is InChI=1S/C10H15N3S2/c1-8-12-13-9(15-8)14-6-4-5-10(2,3)7-11/h4-6H2,1-3H3. The lowest BCUT2D eigenvalue weighted by Gasteiger charge is -2.13. The maximum Gasteiger partial charge on any atom is 0.174 e. The molecule has 0 aromatic carbocycles. The van der Waals surface area contributed by atoms with Crippen molar-refractivity contribution >= 4 is 23.1 Å². The van der Waals surface area contributed by atoms with Crippen LogP contribution in [0.3, 0.4) is 0 Å². The highest BCUT2D eigenvalue weighted by Gasteiger charge is 2.15. The Morgan fingerprint density at radius 2 is 2.20 bits per heavy atom. The molecular weight excluding hydrogens is 226 g/mol.